The maximum absolute atomic E-state index is 13.0. The Morgan fingerprint density at radius 3 is 2.39 bits per heavy atom. The Hall–Kier alpha value is -2.92. The van der Waals surface area contributed by atoms with Crippen LogP contribution in [0.5, 0.6) is 0 Å². The third-order valence-electron chi connectivity index (χ3n) is 5.44. The Kier molecular flexibility index (Phi) is 5.71. The fourth-order valence-corrected chi connectivity index (χ4v) is 5.25. The van der Waals surface area contributed by atoms with Crippen LogP contribution in [-0.4, -0.2) is 58.7 Å². The predicted molar refractivity (Wildman–Crippen MR) is 111 cm³/mol. The van der Waals surface area contributed by atoms with Gasteiger partial charge in [-0.2, -0.15) is 18.2 Å². The van der Waals surface area contributed by atoms with Crippen molar-refractivity contribution in [2.75, 3.05) is 31.1 Å². The number of hydrogen-bond acceptors (Lipinski definition) is 6. The van der Waals surface area contributed by atoms with E-state index in [2.05, 4.69) is 15.1 Å². The number of benzene rings is 1. The van der Waals surface area contributed by atoms with Crippen molar-refractivity contribution in [3.05, 3.63) is 54.1 Å². The number of piperazine rings is 1. The topological polar surface area (TPSA) is 84.2 Å². The quantitative estimate of drug-likeness (QED) is 0.597. The van der Waals surface area contributed by atoms with Crippen LogP contribution >= 0.6 is 0 Å². The summed E-state index contributed by atoms with van der Waals surface area (Å²) in [6, 6.07) is 9.81. The van der Waals surface area contributed by atoms with E-state index in [9.17, 15) is 17.2 Å². The van der Waals surface area contributed by atoms with Crippen LogP contribution < -0.4 is 4.90 Å². The Labute approximate surface area is 179 Å². The molecule has 8 nitrogen and oxygen atoms in total. The van der Waals surface area contributed by atoms with Gasteiger partial charge in [-0.15, -0.1) is 0 Å². The Morgan fingerprint density at radius 2 is 1.74 bits per heavy atom. The molecule has 0 aliphatic carbocycles. The van der Waals surface area contributed by atoms with Gasteiger partial charge in [-0.1, -0.05) is 24.3 Å². The molecule has 0 atom stereocenters. The third-order valence-corrected chi connectivity index (χ3v) is 7.44. The molecule has 3 aromatic rings. The number of hydrogen-bond donors (Lipinski definition) is 0. The number of sulfonamides is 1. The normalized spacial score (nSPS) is 15.6. The van der Waals surface area contributed by atoms with E-state index in [-0.39, 0.29) is 23.7 Å². The average Bonchev–Trinajstić information content (AvgIpc) is 3.17. The van der Waals surface area contributed by atoms with Crippen molar-refractivity contribution in [2.24, 2.45) is 0 Å². The maximum atomic E-state index is 13.0. The Balaban J connectivity index is 1.50. The molecule has 31 heavy (non-hydrogen) atoms. The monoisotopic (exact) mass is 448 g/mol. The van der Waals surface area contributed by atoms with Crippen LogP contribution in [-0.2, 0) is 10.0 Å². The molecule has 0 radical (unpaired) electrons. The highest BCUT2D eigenvalue weighted by Crippen LogP contribution is 2.27. The van der Waals surface area contributed by atoms with E-state index in [0.717, 1.165) is 23.0 Å². The first-order valence-electron chi connectivity index (χ1n) is 9.74. The number of alkyl halides is 2. The molecule has 164 valence electrons. The summed E-state index contributed by atoms with van der Waals surface area (Å²) < 4.78 is 53.5. The molecule has 11 heteroatoms. The highest BCUT2D eigenvalue weighted by Gasteiger charge is 2.32. The SMILES string of the molecule is Cc1ccccc1-c1cc(N2CCN(S(=O)(=O)c3cnn(C(F)F)c3C)CC2)ncn1. The van der Waals surface area contributed by atoms with Crippen molar-refractivity contribution in [2.45, 2.75) is 25.3 Å². The van der Waals surface area contributed by atoms with Crippen molar-refractivity contribution in [3.8, 4) is 11.3 Å². The van der Waals surface area contributed by atoms with Crippen LogP contribution in [0.1, 0.15) is 17.8 Å². The maximum Gasteiger partial charge on any atom is 0.333 e. The summed E-state index contributed by atoms with van der Waals surface area (Å²) in [6.45, 7) is 1.73. The van der Waals surface area contributed by atoms with Gasteiger partial charge in [0.1, 0.15) is 17.0 Å². The highest BCUT2D eigenvalue weighted by atomic mass is 32.2. The average molecular weight is 448 g/mol. The molecule has 0 spiro atoms. The molecule has 2 aromatic heterocycles. The molecule has 0 unspecified atom stereocenters. The zero-order valence-corrected chi connectivity index (χ0v) is 17.9. The van der Waals surface area contributed by atoms with Gasteiger partial charge >= 0.3 is 6.55 Å². The minimum absolute atomic E-state index is 0.0731. The van der Waals surface area contributed by atoms with E-state index in [1.165, 1.54) is 17.6 Å². The Morgan fingerprint density at radius 1 is 1.03 bits per heavy atom. The highest BCUT2D eigenvalue weighted by molar-refractivity contribution is 7.89. The first kappa shape index (κ1) is 21.3. The molecule has 0 N–H and O–H groups in total. The summed E-state index contributed by atoms with van der Waals surface area (Å²) in [4.78, 5) is 10.5. The summed E-state index contributed by atoms with van der Waals surface area (Å²) in [5.74, 6) is 0.715. The second kappa shape index (κ2) is 8.31. The number of aromatic nitrogens is 4. The zero-order chi connectivity index (χ0) is 22.2. The lowest BCUT2D eigenvalue weighted by Gasteiger charge is -2.34. The van der Waals surface area contributed by atoms with Gasteiger partial charge in [0.15, 0.2) is 0 Å². The molecule has 0 saturated carbocycles. The standard InChI is InChI=1S/C20H22F2N6O2S/c1-14-5-3-4-6-16(14)17-11-19(24-13-23-17)26-7-9-27(10-8-26)31(29,30)18-12-25-28(15(18)2)20(21)22/h3-6,11-13,20H,7-10H2,1-2H3. The van der Waals surface area contributed by atoms with Gasteiger partial charge < -0.3 is 4.90 Å². The number of nitrogens with zero attached hydrogens (tertiary/aromatic N) is 6. The van der Waals surface area contributed by atoms with Crippen molar-refractivity contribution < 1.29 is 17.2 Å². The van der Waals surface area contributed by atoms with E-state index in [4.69, 9.17) is 0 Å². The van der Waals surface area contributed by atoms with Crippen molar-refractivity contribution in [1.82, 2.24) is 24.1 Å². The van der Waals surface area contributed by atoms with Gasteiger partial charge in [0.05, 0.1) is 17.6 Å². The van der Waals surface area contributed by atoms with Gasteiger partial charge in [-0.05, 0) is 19.4 Å². The summed E-state index contributed by atoms with van der Waals surface area (Å²) >= 11 is 0. The van der Waals surface area contributed by atoms with E-state index in [1.54, 1.807) is 0 Å². The van der Waals surface area contributed by atoms with Crippen LogP contribution in [0.25, 0.3) is 11.3 Å². The van der Waals surface area contributed by atoms with E-state index in [1.807, 2.05) is 42.2 Å². The van der Waals surface area contributed by atoms with E-state index >= 15 is 0 Å². The van der Waals surface area contributed by atoms with Crippen molar-refractivity contribution in [3.63, 3.8) is 0 Å². The van der Waals surface area contributed by atoms with Gasteiger partial charge in [0.2, 0.25) is 10.0 Å². The van der Waals surface area contributed by atoms with Crippen LogP contribution in [0.2, 0.25) is 0 Å². The fraction of sp³-hybridized carbons (Fsp3) is 0.350. The van der Waals surface area contributed by atoms with Crippen LogP contribution in [0.3, 0.4) is 0 Å². The van der Waals surface area contributed by atoms with Crippen LogP contribution in [0.15, 0.2) is 47.8 Å². The first-order chi connectivity index (χ1) is 14.8. The lowest BCUT2D eigenvalue weighted by atomic mass is 10.1. The van der Waals surface area contributed by atoms with E-state index < -0.39 is 16.6 Å². The van der Waals surface area contributed by atoms with Gasteiger partial charge in [0, 0.05) is 37.8 Å². The molecule has 1 saturated heterocycles. The summed E-state index contributed by atoms with van der Waals surface area (Å²) in [5.41, 5.74) is 2.84. The second-order valence-corrected chi connectivity index (χ2v) is 9.19. The minimum atomic E-state index is -3.91. The molecule has 0 bridgehead atoms. The number of halogens is 2. The van der Waals surface area contributed by atoms with Gasteiger partial charge in [0.25, 0.3) is 0 Å². The first-order valence-corrected chi connectivity index (χ1v) is 11.2. The molecule has 0 amide bonds. The van der Waals surface area contributed by atoms with E-state index in [0.29, 0.717) is 23.6 Å². The molecule has 1 aliphatic heterocycles. The fourth-order valence-electron chi connectivity index (χ4n) is 3.68. The molecule has 1 aromatic carbocycles. The number of anilines is 1. The lowest BCUT2D eigenvalue weighted by Crippen LogP contribution is -2.49. The van der Waals surface area contributed by atoms with Crippen LogP contribution in [0, 0.1) is 13.8 Å². The molecule has 3 heterocycles. The van der Waals surface area contributed by atoms with Crippen LogP contribution in [0.4, 0.5) is 14.6 Å². The van der Waals surface area contributed by atoms with Gasteiger partial charge in [-0.25, -0.2) is 23.1 Å². The molecular weight excluding hydrogens is 426 g/mol. The summed E-state index contributed by atoms with van der Waals surface area (Å²) in [7, 11) is -3.91. The minimum Gasteiger partial charge on any atom is -0.354 e. The largest absolute Gasteiger partial charge is 0.354 e. The second-order valence-electron chi connectivity index (χ2n) is 7.28. The predicted octanol–water partition coefficient (Wildman–Crippen LogP) is 2.86. The van der Waals surface area contributed by atoms with Crippen molar-refractivity contribution in [1.29, 1.82) is 0 Å². The molecule has 4 rings (SSSR count). The molecule has 1 aliphatic rings. The Bertz CT molecular complexity index is 1190. The number of rotatable bonds is 5. The summed E-state index contributed by atoms with van der Waals surface area (Å²) in [5, 5.41) is 3.52. The van der Waals surface area contributed by atoms with Gasteiger partial charge in [-0.3, -0.25) is 0 Å². The van der Waals surface area contributed by atoms with Crippen molar-refractivity contribution >= 4 is 15.8 Å². The number of aryl methyl sites for hydroxylation is 1. The third kappa shape index (κ3) is 4.02. The molecule has 1 fully saturated rings. The molecular formula is C20H22F2N6O2S. The lowest BCUT2D eigenvalue weighted by molar-refractivity contribution is 0.0541. The smallest absolute Gasteiger partial charge is 0.333 e. The zero-order valence-electron chi connectivity index (χ0n) is 17.1. The summed E-state index contributed by atoms with van der Waals surface area (Å²) in [6.07, 6.45) is 2.49.